The molecule has 27 heavy (non-hydrogen) atoms. The van der Waals surface area contributed by atoms with Crippen molar-refractivity contribution in [2.45, 2.75) is 17.4 Å². The fourth-order valence-electron chi connectivity index (χ4n) is 3.08. The molecule has 7 heteroatoms. The maximum Gasteiger partial charge on any atom is 0.279 e. The third-order valence-electron chi connectivity index (χ3n) is 4.43. The van der Waals surface area contributed by atoms with Gasteiger partial charge in [0, 0.05) is 12.0 Å². The largest absolute Gasteiger partial charge is 0.497 e. The molecular weight excluding hydrogens is 364 g/mol. The Hall–Kier alpha value is -3.06. The van der Waals surface area contributed by atoms with Crippen LogP contribution in [-0.2, 0) is 10.0 Å². The molecule has 0 aliphatic carbocycles. The lowest BCUT2D eigenvalue weighted by atomic mass is 10.0. The van der Waals surface area contributed by atoms with Gasteiger partial charge in [0.05, 0.1) is 24.0 Å². The van der Waals surface area contributed by atoms with Crippen LogP contribution in [0.1, 0.15) is 23.8 Å². The molecule has 2 heterocycles. The van der Waals surface area contributed by atoms with Crippen molar-refractivity contribution in [1.82, 2.24) is 4.41 Å². The Kier molecular flexibility index (Phi) is 4.45. The van der Waals surface area contributed by atoms with E-state index in [1.165, 1.54) is 6.26 Å². The molecule has 138 valence electrons. The van der Waals surface area contributed by atoms with Crippen LogP contribution >= 0.6 is 0 Å². The zero-order valence-corrected chi connectivity index (χ0v) is 15.5. The highest BCUT2D eigenvalue weighted by atomic mass is 32.2. The average Bonchev–Trinajstić information content (AvgIpc) is 3.38. The minimum atomic E-state index is -3.82. The molecule has 1 aliphatic heterocycles. The molecule has 3 aromatic rings. The first-order chi connectivity index (χ1) is 13.1. The lowest BCUT2D eigenvalue weighted by Gasteiger charge is -2.21. The van der Waals surface area contributed by atoms with E-state index in [1.807, 2.05) is 24.3 Å². The summed E-state index contributed by atoms with van der Waals surface area (Å²) in [6, 6.07) is 18.7. The molecule has 4 rings (SSSR count). The Balaban J connectivity index is 1.79. The van der Waals surface area contributed by atoms with Gasteiger partial charge >= 0.3 is 0 Å². The first-order valence-corrected chi connectivity index (χ1v) is 9.88. The molecule has 0 radical (unpaired) electrons. The normalized spacial score (nSPS) is 17.0. The van der Waals surface area contributed by atoms with Gasteiger partial charge in [-0.25, -0.2) is 0 Å². The molecule has 0 unspecified atom stereocenters. The van der Waals surface area contributed by atoms with E-state index in [9.17, 15) is 8.42 Å². The average molecular weight is 382 g/mol. The van der Waals surface area contributed by atoms with Gasteiger partial charge in [-0.15, -0.1) is 0 Å². The summed E-state index contributed by atoms with van der Waals surface area (Å²) >= 11 is 0. The first kappa shape index (κ1) is 17.4. The molecule has 0 bridgehead atoms. The summed E-state index contributed by atoms with van der Waals surface area (Å²) in [6.07, 6.45) is 1.94. The van der Waals surface area contributed by atoms with E-state index in [2.05, 4.69) is 5.10 Å². The quantitative estimate of drug-likeness (QED) is 0.672. The van der Waals surface area contributed by atoms with Gasteiger partial charge in [0.1, 0.15) is 17.6 Å². The number of nitrogens with zero attached hydrogens (tertiary/aromatic N) is 2. The zero-order valence-electron chi connectivity index (χ0n) is 14.6. The topological polar surface area (TPSA) is 72.1 Å². The molecule has 0 saturated heterocycles. The molecule has 1 aliphatic rings. The molecular formula is C20H18N2O4S. The zero-order chi connectivity index (χ0) is 18.9. The van der Waals surface area contributed by atoms with E-state index in [1.54, 1.807) is 49.6 Å². The van der Waals surface area contributed by atoms with Gasteiger partial charge in [-0.2, -0.15) is 17.9 Å². The van der Waals surface area contributed by atoms with Crippen molar-refractivity contribution < 1.29 is 17.6 Å². The van der Waals surface area contributed by atoms with Crippen molar-refractivity contribution in [3.63, 3.8) is 0 Å². The minimum Gasteiger partial charge on any atom is -0.497 e. The monoisotopic (exact) mass is 382 g/mol. The van der Waals surface area contributed by atoms with Crippen molar-refractivity contribution in [2.24, 2.45) is 5.10 Å². The third-order valence-corrected chi connectivity index (χ3v) is 6.13. The summed E-state index contributed by atoms with van der Waals surface area (Å²) in [4.78, 5) is 0.192. The number of ether oxygens (including phenoxy) is 1. The number of hydrogen-bond donors (Lipinski definition) is 0. The number of hydrogen-bond acceptors (Lipinski definition) is 5. The van der Waals surface area contributed by atoms with Crippen LogP contribution in [0.4, 0.5) is 0 Å². The van der Waals surface area contributed by atoms with Crippen LogP contribution < -0.4 is 4.74 Å². The van der Waals surface area contributed by atoms with E-state index in [4.69, 9.17) is 9.15 Å². The second-order valence-electron chi connectivity index (χ2n) is 6.10. The number of rotatable bonds is 5. The highest BCUT2D eigenvalue weighted by molar-refractivity contribution is 7.89. The van der Waals surface area contributed by atoms with Gasteiger partial charge in [-0.1, -0.05) is 30.3 Å². The maximum absolute atomic E-state index is 13.2. The molecule has 6 nitrogen and oxygen atoms in total. The highest BCUT2D eigenvalue weighted by Gasteiger charge is 2.39. The summed E-state index contributed by atoms with van der Waals surface area (Å²) in [6.45, 7) is 0. The van der Waals surface area contributed by atoms with Crippen LogP contribution in [0.5, 0.6) is 5.75 Å². The van der Waals surface area contributed by atoms with Crippen molar-refractivity contribution in [2.75, 3.05) is 7.11 Å². The summed E-state index contributed by atoms with van der Waals surface area (Å²) < 4.78 is 38.3. The van der Waals surface area contributed by atoms with Crippen LogP contribution in [0.2, 0.25) is 0 Å². The highest BCUT2D eigenvalue weighted by Crippen LogP contribution is 2.37. The number of benzene rings is 2. The lowest BCUT2D eigenvalue weighted by Crippen LogP contribution is -2.27. The van der Waals surface area contributed by atoms with Gasteiger partial charge < -0.3 is 9.15 Å². The summed E-state index contributed by atoms with van der Waals surface area (Å²) in [7, 11) is -2.23. The Morgan fingerprint density at radius 1 is 1.07 bits per heavy atom. The number of sulfonamides is 1. The summed E-state index contributed by atoms with van der Waals surface area (Å²) in [5.41, 5.74) is 1.48. The van der Waals surface area contributed by atoms with Crippen LogP contribution in [0.15, 0.2) is 87.4 Å². The Bertz CT molecular complexity index is 1060. The fourth-order valence-corrected chi connectivity index (χ4v) is 4.52. The summed E-state index contributed by atoms with van der Waals surface area (Å²) in [5, 5.41) is 4.47. The number of methoxy groups -OCH3 is 1. The van der Waals surface area contributed by atoms with Gasteiger partial charge in [0.2, 0.25) is 0 Å². The van der Waals surface area contributed by atoms with E-state index in [0.29, 0.717) is 23.6 Å². The Morgan fingerprint density at radius 3 is 2.59 bits per heavy atom. The van der Waals surface area contributed by atoms with E-state index < -0.39 is 16.1 Å². The van der Waals surface area contributed by atoms with Crippen LogP contribution in [0, 0.1) is 0 Å². The Labute approximate surface area is 157 Å². The standard InChI is InChI=1S/C20H18N2O4S/c1-25-16-8-5-7-15(13-16)18-14-19(20-11-6-12-26-20)22(21-18)27(23,24)17-9-3-2-4-10-17/h2-13,19H,14H2,1H3/t19-/m0/s1. The first-order valence-electron chi connectivity index (χ1n) is 8.44. The maximum atomic E-state index is 13.2. The second-order valence-corrected chi connectivity index (χ2v) is 7.90. The molecule has 0 fully saturated rings. The molecule has 0 saturated carbocycles. The third kappa shape index (κ3) is 3.21. The van der Waals surface area contributed by atoms with Gasteiger partial charge in [0.25, 0.3) is 10.0 Å². The molecule has 0 amide bonds. The SMILES string of the molecule is COc1cccc(C2=NN(S(=O)(=O)c3ccccc3)[C@H](c3ccco3)C2)c1. The number of furan rings is 1. The smallest absolute Gasteiger partial charge is 0.279 e. The van der Waals surface area contributed by atoms with Crippen LogP contribution in [0.3, 0.4) is 0 Å². The molecule has 2 aromatic carbocycles. The molecule has 1 aromatic heterocycles. The van der Waals surface area contributed by atoms with Crippen molar-refractivity contribution in [1.29, 1.82) is 0 Å². The van der Waals surface area contributed by atoms with Crippen molar-refractivity contribution >= 4 is 15.7 Å². The fraction of sp³-hybridized carbons (Fsp3) is 0.150. The molecule has 0 spiro atoms. The molecule has 1 atom stereocenters. The summed E-state index contributed by atoms with van der Waals surface area (Å²) in [5.74, 6) is 1.24. The predicted molar refractivity (Wildman–Crippen MR) is 101 cm³/mol. The Morgan fingerprint density at radius 2 is 1.89 bits per heavy atom. The minimum absolute atomic E-state index is 0.192. The van der Waals surface area contributed by atoms with E-state index >= 15 is 0 Å². The van der Waals surface area contributed by atoms with Gasteiger partial charge in [-0.3, -0.25) is 0 Å². The van der Waals surface area contributed by atoms with Crippen LogP contribution in [0.25, 0.3) is 0 Å². The van der Waals surface area contributed by atoms with E-state index in [-0.39, 0.29) is 4.90 Å². The second kappa shape index (κ2) is 6.92. The van der Waals surface area contributed by atoms with Crippen molar-refractivity contribution in [3.05, 3.63) is 84.3 Å². The molecule has 0 N–H and O–H groups in total. The predicted octanol–water partition coefficient (Wildman–Crippen LogP) is 3.83. The van der Waals surface area contributed by atoms with Crippen molar-refractivity contribution in [3.8, 4) is 5.75 Å². The van der Waals surface area contributed by atoms with Gasteiger partial charge in [0.15, 0.2) is 0 Å². The van der Waals surface area contributed by atoms with Gasteiger partial charge in [-0.05, 0) is 36.4 Å². The van der Waals surface area contributed by atoms with Crippen LogP contribution in [-0.4, -0.2) is 25.7 Å². The lowest BCUT2D eigenvalue weighted by molar-refractivity contribution is 0.320. The number of hydrazone groups is 1. The van der Waals surface area contributed by atoms with E-state index in [0.717, 1.165) is 9.98 Å².